The highest BCUT2D eigenvalue weighted by molar-refractivity contribution is 4.45. The molecule has 0 fully saturated rings. The molecule has 0 rings (SSSR count). The lowest BCUT2D eigenvalue weighted by atomic mass is 10.5. The van der Waals surface area contributed by atoms with Crippen molar-refractivity contribution < 1.29 is 4.74 Å². The van der Waals surface area contributed by atoms with Crippen LogP contribution in [0.1, 0.15) is 13.8 Å². The fourth-order valence-corrected chi connectivity index (χ4v) is 0.374. The normalized spacial score (nSPS) is 9.22. The molecule has 0 N–H and O–H groups in total. The summed E-state index contributed by atoms with van der Waals surface area (Å²) >= 11 is 0. The minimum Gasteiger partial charge on any atom is -0.379 e. The van der Waals surface area contributed by atoms with E-state index in [1.807, 2.05) is 13.8 Å². The molecule has 0 heterocycles. The first-order chi connectivity index (χ1) is 4.27. The first-order valence-electron chi connectivity index (χ1n) is 2.90. The lowest BCUT2D eigenvalue weighted by molar-refractivity contribution is 0.0851. The summed E-state index contributed by atoms with van der Waals surface area (Å²) in [6.07, 6.45) is 0.221. The van der Waals surface area contributed by atoms with Gasteiger partial charge in [0.15, 0.2) is 0 Å². The van der Waals surface area contributed by atoms with Crippen LogP contribution in [-0.2, 0) is 4.74 Å². The van der Waals surface area contributed by atoms with Crippen molar-refractivity contribution in [2.75, 3.05) is 13.2 Å². The number of nitrogens with zero attached hydrogens (tertiary/aromatic N) is 3. The van der Waals surface area contributed by atoms with Gasteiger partial charge < -0.3 is 4.74 Å². The van der Waals surface area contributed by atoms with Gasteiger partial charge in [0.25, 0.3) is 0 Å². The minimum atomic E-state index is 0.221. The van der Waals surface area contributed by atoms with Gasteiger partial charge in [-0.3, -0.25) is 0 Å². The first-order valence-corrected chi connectivity index (χ1v) is 2.90. The fraction of sp³-hybridized carbons (Fsp3) is 1.00. The third-order valence-corrected chi connectivity index (χ3v) is 0.706. The molecular formula is C5H11N3O. The molecule has 0 amide bonds. The van der Waals surface area contributed by atoms with E-state index in [0.29, 0.717) is 13.2 Å². The van der Waals surface area contributed by atoms with Gasteiger partial charge in [-0.15, -0.1) is 0 Å². The number of rotatable bonds is 4. The zero-order chi connectivity index (χ0) is 7.11. The topological polar surface area (TPSA) is 58.0 Å². The Morgan fingerprint density at radius 1 is 1.67 bits per heavy atom. The molecule has 0 spiro atoms. The average molecular weight is 129 g/mol. The van der Waals surface area contributed by atoms with Crippen LogP contribution in [0.25, 0.3) is 10.4 Å². The summed E-state index contributed by atoms with van der Waals surface area (Å²) in [5.74, 6) is 0. The van der Waals surface area contributed by atoms with E-state index < -0.39 is 0 Å². The molecule has 0 radical (unpaired) electrons. The summed E-state index contributed by atoms with van der Waals surface area (Å²) in [4.78, 5) is 2.58. The summed E-state index contributed by atoms with van der Waals surface area (Å²) in [5.41, 5.74) is 7.83. The number of ether oxygens (including phenoxy) is 1. The number of hydrogen-bond acceptors (Lipinski definition) is 2. The van der Waals surface area contributed by atoms with Crippen LogP contribution >= 0.6 is 0 Å². The van der Waals surface area contributed by atoms with Crippen LogP contribution < -0.4 is 0 Å². The summed E-state index contributed by atoms with van der Waals surface area (Å²) in [7, 11) is 0. The molecule has 0 aliphatic heterocycles. The Bertz CT molecular complexity index is 107. The van der Waals surface area contributed by atoms with Crippen LogP contribution in [0.15, 0.2) is 5.11 Å². The van der Waals surface area contributed by atoms with E-state index in [1.165, 1.54) is 0 Å². The van der Waals surface area contributed by atoms with E-state index >= 15 is 0 Å². The van der Waals surface area contributed by atoms with Crippen LogP contribution in [0, 0.1) is 0 Å². The highest BCUT2D eigenvalue weighted by atomic mass is 16.5. The maximum atomic E-state index is 7.83. The van der Waals surface area contributed by atoms with Crippen LogP contribution in [0.3, 0.4) is 0 Å². The maximum absolute atomic E-state index is 7.83. The van der Waals surface area contributed by atoms with E-state index in [1.54, 1.807) is 0 Å². The second-order valence-corrected chi connectivity index (χ2v) is 1.87. The number of azide groups is 1. The van der Waals surface area contributed by atoms with Gasteiger partial charge in [-0.05, 0) is 19.4 Å². The van der Waals surface area contributed by atoms with Crippen molar-refractivity contribution in [1.82, 2.24) is 0 Å². The van der Waals surface area contributed by atoms with Gasteiger partial charge in [-0.1, -0.05) is 5.11 Å². The molecule has 9 heavy (non-hydrogen) atoms. The van der Waals surface area contributed by atoms with E-state index in [-0.39, 0.29) is 6.10 Å². The number of hydrogen-bond donors (Lipinski definition) is 0. The van der Waals surface area contributed by atoms with Crippen molar-refractivity contribution >= 4 is 0 Å². The molecule has 0 saturated heterocycles. The van der Waals surface area contributed by atoms with Gasteiger partial charge in [0, 0.05) is 11.5 Å². The Morgan fingerprint density at radius 2 is 2.33 bits per heavy atom. The third kappa shape index (κ3) is 7.27. The van der Waals surface area contributed by atoms with Gasteiger partial charge in [-0.2, -0.15) is 0 Å². The van der Waals surface area contributed by atoms with E-state index in [9.17, 15) is 0 Å². The molecular weight excluding hydrogens is 118 g/mol. The Hall–Kier alpha value is -0.730. The van der Waals surface area contributed by atoms with E-state index in [4.69, 9.17) is 10.3 Å². The maximum Gasteiger partial charge on any atom is 0.0525 e. The highest BCUT2D eigenvalue weighted by Crippen LogP contribution is 1.86. The van der Waals surface area contributed by atoms with Crippen molar-refractivity contribution in [3.63, 3.8) is 0 Å². The third-order valence-electron chi connectivity index (χ3n) is 0.706. The lowest BCUT2D eigenvalue weighted by Gasteiger charge is -2.03. The molecule has 4 nitrogen and oxygen atoms in total. The molecule has 52 valence electrons. The van der Waals surface area contributed by atoms with Crippen molar-refractivity contribution in [1.29, 1.82) is 0 Å². The van der Waals surface area contributed by atoms with Gasteiger partial charge in [0.1, 0.15) is 0 Å². The average Bonchev–Trinajstić information content (AvgIpc) is 1.80. The smallest absolute Gasteiger partial charge is 0.0525 e. The van der Waals surface area contributed by atoms with Gasteiger partial charge in [-0.25, -0.2) is 0 Å². The van der Waals surface area contributed by atoms with Crippen LogP contribution in [-0.4, -0.2) is 19.3 Å². The molecule has 0 unspecified atom stereocenters. The molecule has 0 aliphatic rings. The van der Waals surface area contributed by atoms with Crippen LogP contribution in [0.4, 0.5) is 0 Å². The fourth-order valence-electron chi connectivity index (χ4n) is 0.374. The molecule has 0 saturated carbocycles. The van der Waals surface area contributed by atoms with Crippen molar-refractivity contribution in [3.8, 4) is 0 Å². The van der Waals surface area contributed by atoms with E-state index in [2.05, 4.69) is 10.0 Å². The van der Waals surface area contributed by atoms with E-state index in [0.717, 1.165) is 0 Å². The van der Waals surface area contributed by atoms with Crippen LogP contribution in [0.5, 0.6) is 0 Å². The van der Waals surface area contributed by atoms with Gasteiger partial charge >= 0.3 is 0 Å². The van der Waals surface area contributed by atoms with Crippen molar-refractivity contribution in [3.05, 3.63) is 10.4 Å². The first kappa shape index (κ1) is 8.27. The molecule has 0 bridgehead atoms. The lowest BCUT2D eigenvalue weighted by Crippen LogP contribution is -2.05. The Balaban J connectivity index is 3.00. The summed E-state index contributed by atoms with van der Waals surface area (Å²) < 4.78 is 5.08. The second-order valence-electron chi connectivity index (χ2n) is 1.87. The minimum absolute atomic E-state index is 0.221. The zero-order valence-electron chi connectivity index (χ0n) is 5.74. The van der Waals surface area contributed by atoms with Crippen molar-refractivity contribution in [2.45, 2.75) is 20.0 Å². The summed E-state index contributed by atoms with van der Waals surface area (Å²) in [5, 5.41) is 3.30. The summed E-state index contributed by atoms with van der Waals surface area (Å²) in [6.45, 7) is 4.82. The SMILES string of the molecule is CC(C)OCCN=[N+]=[N-]. The largest absolute Gasteiger partial charge is 0.379 e. The van der Waals surface area contributed by atoms with Gasteiger partial charge in [0.2, 0.25) is 0 Å². The van der Waals surface area contributed by atoms with Crippen molar-refractivity contribution in [2.24, 2.45) is 5.11 Å². The highest BCUT2D eigenvalue weighted by Gasteiger charge is 1.88. The zero-order valence-corrected chi connectivity index (χ0v) is 5.74. The Kier molecular flexibility index (Phi) is 4.97. The molecule has 0 aromatic carbocycles. The van der Waals surface area contributed by atoms with Crippen LogP contribution in [0.2, 0.25) is 0 Å². The molecule has 0 aromatic heterocycles. The predicted octanol–water partition coefficient (Wildman–Crippen LogP) is 1.72. The molecule has 0 atom stereocenters. The Morgan fingerprint density at radius 3 is 2.78 bits per heavy atom. The van der Waals surface area contributed by atoms with Gasteiger partial charge in [0.05, 0.1) is 12.7 Å². The summed E-state index contributed by atoms with van der Waals surface area (Å²) in [6, 6.07) is 0. The quantitative estimate of drug-likeness (QED) is 0.247. The standard InChI is InChI=1S/C5H11N3O/c1-5(2)9-4-3-7-8-6/h5H,3-4H2,1-2H3. The monoisotopic (exact) mass is 129 g/mol. The predicted molar refractivity (Wildman–Crippen MR) is 35.1 cm³/mol. The second kappa shape index (κ2) is 5.41. The molecule has 0 aromatic rings. The molecule has 0 aliphatic carbocycles. The molecule has 4 heteroatoms. The Labute approximate surface area is 54.4 Å².